The molecule has 0 aliphatic heterocycles. The van der Waals surface area contributed by atoms with Crippen molar-refractivity contribution in [1.29, 1.82) is 0 Å². The number of nitrogens with one attached hydrogen (secondary N) is 3. The van der Waals surface area contributed by atoms with E-state index in [2.05, 4.69) is 51.3 Å². The highest BCUT2D eigenvalue weighted by Crippen LogP contribution is 2.30. The van der Waals surface area contributed by atoms with Crippen molar-refractivity contribution >= 4 is 35.6 Å². The standard InChI is InChI=1S/C23H32N4O2.HI/c1-24-23(26-15-18-9-11-21(12-10-18)25-13-14-28-2)27-16-20-5-3-4-6-22(20)29-17-19-7-8-19;/h3-6,9-12,19,25H,7-8,13-17H2,1-2H3,(H2,24,26,27);1H. The van der Waals surface area contributed by atoms with Crippen LogP contribution in [-0.2, 0) is 17.8 Å². The number of aliphatic imine (C=N–C) groups is 1. The van der Waals surface area contributed by atoms with Crippen molar-refractivity contribution in [3.05, 3.63) is 59.7 Å². The first kappa shape index (κ1) is 24.3. The van der Waals surface area contributed by atoms with Gasteiger partial charge in [-0.05, 0) is 42.5 Å². The van der Waals surface area contributed by atoms with E-state index in [0.717, 1.165) is 42.0 Å². The van der Waals surface area contributed by atoms with Crippen LogP contribution in [0.5, 0.6) is 5.75 Å². The van der Waals surface area contributed by atoms with Gasteiger partial charge in [-0.3, -0.25) is 4.99 Å². The summed E-state index contributed by atoms with van der Waals surface area (Å²) in [5, 5.41) is 10.1. The van der Waals surface area contributed by atoms with Crippen LogP contribution in [0, 0.1) is 5.92 Å². The Labute approximate surface area is 196 Å². The van der Waals surface area contributed by atoms with Crippen molar-refractivity contribution in [1.82, 2.24) is 10.6 Å². The molecule has 0 atom stereocenters. The van der Waals surface area contributed by atoms with Gasteiger partial charge in [0.15, 0.2) is 5.96 Å². The van der Waals surface area contributed by atoms with Crippen LogP contribution in [0.3, 0.4) is 0 Å². The minimum atomic E-state index is 0. The Balaban J connectivity index is 0.00000320. The Morgan fingerprint density at radius 1 is 1.03 bits per heavy atom. The van der Waals surface area contributed by atoms with Gasteiger partial charge in [0.1, 0.15) is 5.75 Å². The van der Waals surface area contributed by atoms with Crippen LogP contribution in [0.4, 0.5) is 5.69 Å². The van der Waals surface area contributed by atoms with Crippen LogP contribution >= 0.6 is 24.0 Å². The lowest BCUT2D eigenvalue weighted by atomic mass is 10.2. The summed E-state index contributed by atoms with van der Waals surface area (Å²) < 4.78 is 11.0. The van der Waals surface area contributed by atoms with Gasteiger partial charge in [-0.1, -0.05) is 30.3 Å². The van der Waals surface area contributed by atoms with Gasteiger partial charge in [0.2, 0.25) is 0 Å². The number of anilines is 1. The highest BCUT2D eigenvalue weighted by Gasteiger charge is 2.22. The van der Waals surface area contributed by atoms with Crippen LogP contribution in [-0.4, -0.2) is 39.9 Å². The number of guanidine groups is 1. The van der Waals surface area contributed by atoms with Crippen molar-refractivity contribution in [2.24, 2.45) is 10.9 Å². The third-order valence-electron chi connectivity index (χ3n) is 4.86. The molecule has 1 saturated carbocycles. The number of para-hydroxylation sites is 1. The molecule has 3 rings (SSSR count). The zero-order valence-corrected chi connectivity index (χ0v) is 20.1. The van der Waals surface area contributed by atoms with Crippen LogP contribution in [0.25, 0.3) is 0 Å². The average molecular weight is 524 g/mol. The van der Waals surface area contributed by atoms with Gasteiger partial charge in [0, 0.05) is 45.0 Å². The molecule has 1 aliphatic carbocycles. The first-order valence-electron chi connectivity index (χ1n) is 10.3. The minimum Gasteiger partial charge on any atom is -0.493 e. The van der Waals surface area contributed by atoms with E-state index in [1.165, 1.54) is 18.4 Å². The second-order valence-corrected chi connectivity index (χ2v) is 7.26. The summed E-state index contributed by atoms with van der Waals surface area (Å²) in [5.74, 6) is 2.47. The molecule has 2 aromatic rings. The van der Waals surface area contributed by atoms with Crippen LogP contribution < -0.4 is 20.7 Å². The molecule has 30 heavy (non-hydrogen) atoms. The molecule has 0 aromatic heterocycles. The van der Waals surface area contributed by atoms with E-state index in [9.17, 15) is 0 Å². The summed E-state index contributed by atoms with van der Waals surface area (Å²) in [4.78, 5) is 4.33. The first-order chi connectivity index (χ1) is 14.3. The van der Waals surface area contributed by atoms with E-state index < -0.39 is 0 Å². The zero-order chi connectivity index (χ0) is 20.3. The van der Waals surface area contributed by atoms with Gasteiger partial charge in [-0.25, -0.2) is 0 Å². The van der Waals surface area contributed by atoms with Gasteiger partial charge >= 0.3 is 0 Å². The molecule has 0 saturated heterocycles. The van der Waals surface area contributed by atoms with Crippen molar-refractivity contribution < 1.29 is 9.47 Å². The number of benzene rings is 2. The van der Waals surface area contributed by atoms with Gasteiger partial charge in [-0.15, -0.1) is 24.0 Å². The maximum atomic E-state index is 5.99. The Kier molecular flexibility index (Phi) is 10.8. The number of methoxy groups -OCH3 is 1. The number of hydrogen-bond donors (Lipinski definition) is 3. The lowest BCUT2D eigenvalue weighted by Gasteiger charge is -2.15. The molecule has 0 spiro atoms. The zero-order valence-electron chi connectivity index (χ0n) is 17.8. The summed E-state index contributed by atoms with van der Waals surface area (Å²) in [5.41, 5.74) is 3.43. The fourth-order valence-electron chi connectivity index (χ4n) is 2.91. The number of rotatable bonds is 11. The quantitative estimate of drug-likeness (QED) is 0.179. The summed E-state index contributed by atoms with van der Waals surface area (Å²) in [6, 6.07) is 16.6. The Bertz CT molecular complexity index is 779. The fraction of sp³-hybridized carbons (Fsp3) is 0.435. The molecule has 7 heteroatoms. The molecule has 2 aromatic carbocycles. The number of halogens is 1. The molecule has 164 valence electrons. The van der Waals surface area contributed by atoms with E-state index in [1.54, 1.807) is 14.2 Å². The largest absolute Gasteiger partial charge is 0.493 e. The lowest BCUT2D eigenvalue weighted by Crippen LogP contribution is -2.36. The number of hydrogen-bond acceptors (Lipinski definition) is 4. The Hall–Kier alpha value is -2.00. The summed E-state index contributed by atoms with van der Waals surface area (Å²) >= 11 is 0. The van der Waals surface area contributed by atoms with Crippen molar-refractivity contribution in [3.8, 4) is 5.75 Å². The second-order valence-electron chi connectivity index (χ2n) is 7.26. The van der Waals surface area contributed by atoms with E-state index in [0.29, 0.717) is 19.7 Å². The number of ether oxygens (including phenoxy) is 2. The molecule has 0 unspecified atom stereocenters. The highest BCUT2D eigenvalue weighted by atomic mass is 127. The molecule has 0 bridgehead atoms. The summed E-state index contributed by atoms with van der Waals surface area (Å²) in [6.45, 7) is 3.69. The normalized spacial score (nSPS) is 13.3. The predicted octanol–water partition coefficient (Wildman–Crippen LogP) is 4.02. The first-order valence-corrected chi connectivity index (χ1v) is 10.3. The van der Waals surface area contributed by atoms with Gasteiger partial charge in [0.05, 0.1) is 13.2 Å². The van der Waals surface area contributed by atoms with E-state index in [-0.39, 0.29) is 24.0 Å². The average Bonchev–Trinajstić information content (AvgIpc) is 3.59. The van der Waals surface area contributed by atoms with Crippen LogP contribution in [0.1, 0.15) is 24.0 Å². The molecule has 0 radical (unpaired) electrons. The molecular formula is C23H33IN4O2. The van der Waals surface area contributed by atoms with Crippen molar-refractivity contribution in [2.75, 3.05) is 39.2 Å². The second kappa shape index (κ2) is 13.3. The maximum absolute atomic E-state index is 5.99. The van der Waals surface area contributed by atoms with Crippen LogP contribution in [0.2, 0.25) is 0 Å². The SMILES string of the molecule is CN=C(NCc1ccc(NCCOC)cc1)NCc1ccccc1OCC1CC1.I. The fourth-order valence-corrected chi connectivity index (χ4v) is 2.91. The van der Waals surface area contributed by atoms with Crippen molar-refractivity contribution in [2.45, 2.75) is 25.9 Å². The molecule has 1 fully saturated rings. The van der Waals surface area contributed by atoms with Gasteiger partial charge in [0.25, 0.3) is 0 Å². The number of nitrogens with zero attached hydrogens (tertiary/aromatic N) is 1. The maximum Gasteiger partial charge on any atom is 0.191 e. The topological polar surface area (TPSA) is 66.9 Å². The van der Waals surface area contributed by atoms with E-state index >= 15 is 0 Å². The van der Waals surface area contributed by atoms with Gasteiger partial charge in [-0.2, -0.15) is 0 Å². The van der Waals surface area contributed by atoms with Crippen molar-refractivity contribution in [3.63, 3.8) is 0 Å². The smallest absolute Gasteiger partial charge is 0.191 e. The Morgan fingerprint density at radius 2 is 1.77 bits per heavy atom. The Morgan fingerprint density at radius 3 is 2.47 bits per heavy atom. The predicted molar refractivity (Wildman–Crippen MR) is 134 cm³/mol. The molecule has 0 heterocycles. The summed E-state index contributed by atoms with van der Waals surface area (Å²) in [7, 11) is 3.49. The third-order valence-corrected chi connectivity index (χ3v) is 4.86. The lowest BCUT2D eigenvalue weighted by molar-refractivity contribution is 0.211. The summed E-state index contributed by atoms with van der Waals surface area (Å²) in [6.07, 6.45) is 2.59. The van der Waals surface area contributed by atoms with Crippen LogP contribution in [0.15, 0.2) is 53.5 Å². The molecule has 3 N–H and O–H groups in total. The van der Waals surface area contributed by atoms with Gasteiger partial charge < -0.3 is 25.4 Å². The third kappa shape index (κ3) is 8.39. The monoisotopic (exact) mass is 524 g/mol. The highest BCUT2D eigenvalue weighted by molar-refractivity contribution is 14.0. The molecule has 1 aliphatic rings. The molecule has 0 amide bonds. The van der Waals surface area contributed by atoms with E-state index in [1.807, 2.05) is 18.2 Å². The minimum absolute atomic E-state index is 0. The molecule has 6 nitrogen and oxygen atoms in total. The molecular weight excluding hydrogens is 491 g/mol. The van der Waals surface area contributed by atoms with E-state index in [4.69, 9.17) is 9.47 Å².